The van der Waals surface area contributed by atoms with Gasteiger partial charge in [-0.05, 0) is 17.7 Å². The first-order valence-corrected chi connectivity index (χ1v) is 7.66. The van der Waals surface area contributed by atoms with E-state index in [9.17, 15) is 4.79 Å². The number of amides is 1. The van der Waals surface area contributed by atoms with E-state index < -0.39 is 0 Å². The molecule has 1 fully saturated rings. The number of rotatable bonds is 4. The molecule has 108 valence electrons. The van der Waals surface area contributed by atoms with Gasteiger partial charge >= 0.3 is 0 Å². The molecule has 1 aromatic carbocycles. The van der Waals surface area contributed by atoms with Crippen molar-refractivity contribution in [1.29, 1.82) is 0 Å². The Labute approximate surface area is 132 Å². The average Bonchev–Trinajstić information content (AvgIpc) is 3.07. The maximum atomic E-state index is 12.1. The summed E-state index contributed by atoms with van der Waals surface area (Å²) >= 11 is 3.43. The van der Waals surface area contributed by atoms with Crippen molar-refractivity contribution in [2.75, 3.05) is 11.4 Å². The predicted molar refractivity (Wildman–Crippen MR) is 86.1 cm³/mol. The minimum absolute atomic E-state index is 0.137. The zero-order chi connectivity index (χ0) is 14.8. The van der Waals surface area contributed by atoms with Crippen molar-refractivity contribution in [2.24, 2.45) is 5.92 Å². The van der Waals surface area contributed by atoms with Crippen LogP contribution in [-0.2, 0) is 11.3 Å². The van der Waals surface area contributed by atoms with Gasteiger partial charge in [0.25, 0.3) is 0 Å². The first-order chi connectivity index (χ1) is 10.2. The fourth-order valence-electron chi connectivity index (χ4n) is 2.55. The van der Waals surface area contributed by atoms with Crippen molar-refractivity contribution in [3.05, 3.63) is 59.2 Å². The Balaban J connectivity index is 1.82. The molecule has 1 saturated heterocycles. The molecule has 1 aromatic heterocycles. The van der Waals surface area contributed by atoms with Crippen LogP contribution >= 0.6 is 15.9 Å². The van der Waals surface area contributed by atoms with E-state index in [0.29, 0.717) is 19.5 Å². The average molecular weight is 346 g/mol. The fourth-order valence-corrected chi connectivity index (χ4v) is 2.82. The molecule has 1 aliphatic heterocycles. The number of hydrogen-bond donors (Lipinski definition) is 0. The van der Waals surface area contributed by atoms with Gasteiger partial charge in [-0.15, -0.1) is 6.58 Å². The number of nitrogens with zero attached hydrogens (tertiary/aromatic N) is 3. The molecule has 0 radical (unpaired) electrons. The number of carbonyl (C=O) groups is 1. The lowest BCUT2D eigenvalue weighted by molar-refractivity contribution is -0.117. The Morgan fingerprint density at radius 1 is 1.33 bits per heavy atom. The minimum Gasteiger partial charge on any atom is -0.296 e. The van der Waals surface area contributed by atoms with Crippen LogP contribution in [0.25, 0.3) is 0 Å². The lowest BCUT2D eigenvalue weighted by Gasteiger charge is -2.17. The van der Waals surface area contributed by atoms with E-state index >= 15 is 0 Å². The van der Waals surface area contributed by atoms with Crippen LogP contribution in [0, 0.1) is 5.92 Å². The van der Waals surface area contributed by atoms with Crippen molar-refractivity contribution in [3.63, 3.8) is 0 Å². The molecule has 1 unspecified atom stereocenters. The lowest BCUT2D eigenvalue weighted by Crippen LogP contribution is -2.27. The second kappa shape index (κ2) is 5.85. The van der Waals surface area contributed by atoms with Crippen LogP contribution in [0.2, 0.25) is 0 Å². The van der Waals surface area contributed by atoms with Crippen LogP contribution in [0.15, 0.2) is 53.7 Å². The summed E-state index contributed by atoms with van der Waals surface area (Å²) in [6.45, 7) is 5.13. The van der Waals surface area contributed by atoms with E-state index in [2.05, 4.69) is 27.6 Å². The molecule has 1 amide bonds. The van der Waals surface area contributed by atoms with Gasteiger partial charge in [0.15, 0.2) is 0 Å². The molecule has 0 bridgehead atoms. The molecule has 5 heteroatoms. The van der Waals surface area contributed by atoms with Crippen LogP contribution in [0.3, 0.4) is 0 Å². The monoisotopic (exact) mass is 345 g/mol. The number of aromatic nitrogens is 2. The van der Waals surface area contributed by atoms with Crippen molar-refractivity contribution >= 4 is 27.7 Å². The van der Waals surface area contributed by atoms with Gasteiger partial charge in [-0.3, -0.25) is 9.69 Å². The van der Waals surface area contributed by atoms with Gasteiger partial charge < -0.3 is 0 Å². The number of carbonyl (C=O) groups excluding carboxylic acids is 1. The van der Waals surface area contributed by atoms with Gasteiger partial charge in [-0.25, -0.2) is 4.68 Å². The molecule has 2 aromatic rings. The summed E-state index contributed by atoms with van der Waals surface area (Å²) in [4.78, 5) is 13.9. The van der Waals surface area contributed by atoms with Crippen LogP contribution in [0.1, 0.15) is 12.0 Å². The molecule has 0 aliphatic carbocycles. The van der Waals surface area contributed by atoms with Crippen LogP contribution in [0.4, 0.5) is 5.82 Å². The standard InChI is InChI=1S/C16H16BrN3O/c1-2-12-9-16(21)19(10-12)15-7-8-18-20(15)11-13-3-5-14(17)6-4-13/h2-8,12H,1,9-11H2. The number of anilines is 1. The third-order valence-electron chi connectivity index (χ3n) is 3.70. The quantitative estimate of drug-likeness (QED) is 0.798. The number of halogens is 1. The van der Waals surface area contributed by atoms with Crippen LogP contribution in [-0.4, -0.2) is 22.2 Å². The van der Waals surface area contributed by atoms with E-state index in [4.69, 9.17) is 0 Å². The fraction of sp³-hybridized carbons (Fsp3) is 0.250. The van der Waals surface area contributed by atoms with E-state index in [1.807, 2.05) is 41.1 Å². The molecule has 1 atom stereocenters. The molecule has 0 saturated carbocycles. The van der Waals surface area contributed by atoms with Gasteiger partial charge in [-0.2, -0.15) is 5.10 Å². The summed E-state index contributed by atoms with van der Waals surface area (Å²) in [6, 6.07) is 10.0. The minimum atomic E-state index is 0.137. The van der Waals surface area contributed by atoms with Crippen molar-refractivity contribution < 1.29 is 4.79 Å². The van der Waals surface area contributed by atoms with Crippen molar-refractivity contribution in [2.45, 2.75) is 13.0 Å². The number of benzene rings is 1. The Morgan fingerprint density at radius 3 is 2.76 bits per heavy atom. The predicted octanol–water partition coefficient (Wildman–Crippen LogP) is 3.23. The van der Waals surface area contributed by atoms with Gasteiger partial charge in [-0.1, -0.05) is 34.1 Å². The number of hydrogen-bond acceptors (Lipinski definition) is 2. The van der Waals surface area contributed by atoms with Crippen molar-refractivity contribution in [1.82, 2.24) is 9.78 Å². The molecular formula is C16H16BrN3O. The summed E-state index contributed by atoms with van der Waals surface area (Å²) in [5.74, 6) is 1.22. The van der Waals surface area contributed by atoms with Gasteiger partial charge in [0.1, 0.15) is 5.82 Å². The highest BCUT2D eigenvalue weighted by Crippen LogP contribution is 2.26. The first kappa shape index (κ1) is 14.1. The summed E-state index contributed by atoms with van der Waals surface area (Å²) in [5.41, 5.74) is 1.15. The third kappa shape index (κ3) is 2.93. The highest BCUT2D eigenvalue weighted by atomic mass is 79.9. The lowest BCUT2D eigenvalue weighted by atomic mass is 10.1. The molecule has 3 rings (SSSR count). The van der Waals surface area contributed by atoms with Gasteiger partial charge in [0, 0.05) is 29.4 Å². The zero-order valence-corrected chi connectivity index (χ0v) is 13.2. The molecule has 21 heavy (non-hydrogen) atoms. The Kier molecular flexibility index (Phi) is 3.92. The highest BCUT2D eigenvalue weighted by molar-refractivity contribution is 9.10. The summed E-state index contributed by atoms with van der Waals surface area (Å²) in [5, 5.41) is 4.35. The van der Waals surface area contributed by atoms with Gasteiger partial charge in [0.2, 0.25) is 5.91 Å². The summed E-state index contributed by atoms with van der Waals surface area (Å²) in [7, 11) is 0. The Hall–Kier alpha value is -1.88. The third-order valence-corrected chi connectivity index (χ3v) is 4.23. The van der Waals surface area contributed by atoms with Crippen LogP contribution in [0.5, 0.6) is 0 Å². The normalized spacial score (nSPS) is 18.2. The van der Waals surface area contributed by atoms with E-state index in [1.54, 1.807) is 11.1 Å². The maximum absolute atomic E-state index is 12.1. The SMILES string of the molecule is C=CC1CC(=O)N(c2ccnn2Cc2ccc(Br)cc2)C1. The largest absolute Gasteiger partial charge is 0.296 e. The molecule has 4 nitrogen and oxygen atoms in total. The second-order valence-electron chi connectivity index (χ2n) is 5.18. The molecule has 0 N–H and O–H groups in total. The molecule has 0 spiro atoms. The van der Waals surface area contributed by atoms with Crippen LogP contribution < -0.4 is 4.90 Å². The summed E-state index contributed by atoms with van der Waals surface area (Å²) < 4.78 is 2.92. The van der Waals surface area contributed by atoms with E-state index in [1.165, 1.54) is 0 Å². The second-order valence-corrected chi connectivity index (χ2v) is 6.09. The topological polar surface area (TPSA) is 38.1 Å². The first-order valence-electron chi connectivity index (χ1n) is 6.86. The highest BCUT2D eigenvalue weighted by Gasteiger charge is 2.30. The molecule has 2 heterocycles. The smallest absolute Gasteiger partial charge is 0.228 e. The zero-order valence-electron chi connectivity index (χ0n) is 11.6. The van der Waals surface area contributed by atoms with E-state index in [-0.39, 0.29) is 11.8 Å². The Morgan fingerprint density at radius 2 is 2.10 bits per heavy atom. The van der Waals surface area contributed by atoms with E-state index in [0.717, 1.165) is 15.9 Å². The van der Waals surface area contributed by atoms with Crippen molar-refractivity contribution in [3.8, 4) is 0 Å². The Bertz CT molecular complexity index is 662. The summed E-state index contributed by atoms with van der Waals surface area (Å²) in [6.07, 6.45) is 4.13. The van der Waals surface area contributed by atoms with Gasteiger partial charge in [0.05, 0.1) is 12.7 Å². The maximum Gasteiger partial charge on any atom is 0.228 e. The molecular weight excluding hydrogens is 330 g/mol. The molecule has 1 aliphatic rings.